The molecule has 88 valence electrons. The Labute approximate surface area is 89.9 Å². The first-order valence-corrected chi connectivity index (χ1v) is 5.23. The summed E-state index contributed by atoms with van der Waals surface area (Å²) in [5.74, 6) is 0. The number of halogens is 2. The minimum absolute atomic E-state index is 0.0624. The van der Waals surface area contributed by atoms with Crippen molar-refractivity contribution < 1.29 is 13.5 Å². The van der Waals surface area contributed by atoms with E-state index in [2.05, 4.69) is 6.58 Å². The van der Waals surface area contributed by atoms with Gasteiger partial charge < -0.3 is 4.74 Å². The Morgan fingerprint density at radius 1 is 1.47 bits per heavy atom. The van der Waals surface area contributed by atoms with Crippen LogP contribution < -0.4 is 0 Å². The molecular weight excluding hydrogens is 200 g/mol. The Morgan fingerprint density at radius 3 is 2.33 bits per heavy atom. The monoisotopic (exact) mass is 219 g/mol. The fourth-order valence-corrected chi connectivity index (χ4v) is 1.86. The quantitative estimate of drug-likeness (QED) is 0.533. The van der Waals surface area contributed by atoms with E-state index >= 15 is 0 Å². The summed E-state index contributed by atoms with van der Waals surface area (Å²) in [7, 11) is 0. The van der Waals surface area contributed by atoms with Crippen molar-refractivity contribution in [2.75, 3.05) is 13.1 Å². The van der Waals surface area contributed by atoms with Crippen molar-refractivity contribution in [1.82, 2.24) is 4.90 Å². The van der Waals surface area contributed by atoms with Crippen molar-refractivity contribution in [2.45, 2.75) is 44.9 Å². The van der Waals surface area contributed by atoms with Gasteiger partial charge in [-0.05, 0) is 20.8 Å². The number of rotatable bonds is 3. The summed E-state index contributed by atoms with van der Waals surface area (Å²) < 4.78 is 33.0. The van der Waals surface area contributed by atoms with Crippen LogP contribution >= 0.6 is 0 Å². The summed E-state index contributed by atoms with van der Waals surface area (Å²) >= 11 is 0. The molecule has 1 rings (SSSR count). The third-order valence-electron chi connectivity index (χ3n) is 2.63. The molecule has 1 aliphatic heterocycles. The highest BCUT2D eigenvalue weighted by Crippen LogP contribution is 2.26. The summed E-state index contributed by atoms with van der Waals surface area (Å²) in [5, 5.41) is 0. The van der Waals surface area contributed by atoms with Crippen LogP contribution in [0.15, 0.2) is 12.7 Å². The maximum Gasteiger partial charge on any atom is 0.191 e. The molecule has 0 aromatic heterocycles. The van der Waals surface area contributed by atoms with E-state index in [1.54, 1.807) is 0 Å². The van der Waals surface area contributed by atoms with E-state index in [4.69, 9.17) is 4.74 Å². The minimum atomic E-state index is -2.00. The van der Waals surface area contributed by atoms with Gasteiger partial charge in [-0.25, -0.2) is 8.78 Å². The fourth-order valence-electron chi connectivity index (χ4n) is 1.86. The van der Waals surface area contributed by atoms with Gasteiger partial charge in [-0.3, -0.25) is 4.90 Å². The first kappa shape index (κ1) is 12.6. The van der Waals surface area contributed by atoms with E-state index in [1.165, 1.54) is 11.8 Å². The molecule has 0 radical (unpaired) electrons. The Hall–Kier alpha value is -0.480. The zero-order chi connectivity index (χ0) is 11.6. The third-order valence-corrected chi connectivity index (χ3v) is 2.63. The van der Waals surface area contributed by atoms with Crippen LogP contribution in [0.3, 0.4) is 0 Å². The van der Waals surface area contributed by atoms with E-state index in [9.17, 15) is 8.78 Å². The SMILES string of the molecule is C=CC(C)(F)C(F)N1CC(C)OC(C)C1. The third kappa shape index (κ3) is 2.98. The average molecular weight is 219 g/mol. The molecule has 1 aliphatic rings. The topological polar surface area (TPSA) is 12.5 Å². The Bertz CT molecular complexity index is 223. The predicted molar refractivity (Wildman–Crippen MR) is 56.2 cm³/mol. The highest BCUT2D eigenvalue weighted by Gasteiger charge is 2.39. The number of alkyl halides is 2. The van der Waals surface area contributed by atoms with Gasteiger partial charge in [-0.2, -0.15) is 0 Å². The first-order chi connectivity index (χ1) is 6.86. The van der Waals surface area contributed by atoms with Gasteiger partial charge in [0, 0.05) is 13.1 Å². The van der Waals surface area contributed by atoms with E-state index < -0.39 is 12.0 Å². The first-order valence-electron chi connectivity index (χ1n) is 5.23. The van der Waals surface area contributed by atoms with Gasteiger partial charge in [0.05, 0.1) is 12.2 Å². The molecule has 0 amide bonds. The van der Waals surface area contributed by atoms with Crippen LogP contribution in [-0.2, 0) is 4.74 Å². The average Bonchev–Trinajstić information content (AvgIpc) is 2.15. The van der Waals surface area contributed by atoms with Gasteiger partial charge in [-0.15, -0.1) is 0 Å². The largest absolute Gasteiger partial charge is 0.373 e. The van der Waals surface area contributed by atoms with Crippen molar-refractivity contribution in [3.05, 3.63) is 12.7 Å². The Balaban J connectivity index is 2.66. The number of ether oxygens (including phenoxy) is 1. The smallest absolute Gasteiger partial charge is 0.191 e. The molecule has 0 aliphatic carbocycles. The summed E-state index contributed by atoms with van der Waals surface area (Å²) in [4.78, 5) is 1.47. The zero-order valence-electron chi connectivity index (χ0n) is 9.54. The van der Waals surface area contributed by atoms with E-state index in [1.807, 2.05) is 13.8 Å². The van der Waals surface area contributed by atoms with Crippen LogP contribution in [0.4, 0.5) is 8.78 Å². The molecule has 4 unspecified atom stereocenters. The molecule has 1 fully saturated rings. The van der Waals surface area contributed by atoms with Crippen LogP contribution in [-0.4, -0.2) is 42.2 Å². The molecule has 1 heterocycles. The molecular formula is C11H19F2NO. The summed E-state index contributed by atoms with van der Waals surface area (Å²) in [6.45, 7) is 9.07. The van der Waals surface area contributed by atoms with Gasteiger partial charge in [-0.1, -0.05) is 12.7 Å². The molecule has 0 bridgehead atoms. The lowest BCUT2D eigenvalue weighted by atomic mass is 10.1. The molecule has 0 saturated carbocycles. The zero-order valence-corrected chi connectivity index (χ0v) is 9.54. The Kier molecular flexibility index (Phi) is 3.84. The van der Waals surface area contributed by atoms with Crippen LogP contribution in [0.1, 0.15) is 20.8 Å². The van der Waals surface area contributed by atoms with E-state index in [-0.39, 0.29) is 12.2 Å². The predicted octanol–water partition coefficient (Wildman–Crippen LogP) is 2.31. The maximum atomic E-state index is 13.8. The molecule has 0 aromatic carbocycles. The lowest BCUT2D eigenvalue weighted by molar-refractivity contribution is -0.123. The molecule has 0 spiro atoms. The second-order valence-electron chi connectivity index (χ2n) is 4.40. The van der Waals surface area contributed by atoms with Gasteiger partial charge >= 0.3 is 0 Å². The second-order valence-corrected chi connectivity index (χ2v) is 4.40. The van der Waals surface area contributed by atoms with Crippen LogP contribution in [0, 0.1) is 0 Å². The standard InChI is InChI=1S/C11H19F2NO/c1-5-11(4,13)10(12)14-6-8(2)15-9(3)7-14/h5,8-10H,1,6-7H2,2-4H3. The molecule has 0 N–H and O–H groups in total. The molecule has 0 aromatic rings. The molecule has 4 heteroatoms. The number of nitrogens with zero attached hydrogens (tertiary/aromatic N) is 1. The van der Waals surface area contributed by atoms with Crippen molar-refractivity contribution >= 4 is 0 Å². The molecule has 4 atom stereocenters. The molecule has 1 saturated heterocycles. The van der Waals surface area contributed by atoms with Gasteiger partial charge in [0.2, 0.25) is 0 Å². The number of morpholine rings is 1. The maximum absolute atomic E-state index is 13.8. The molecule has 2 nitrogen and oxygen atoms in total. The lowest BCUT2D eigenvalue weighted by Crippen LogP contribution is -2.54. The van der Waals surface area contributed by atoms with Gasteiger partial charge in [0.1, 0.15) is 0 Å². The van der Waals surface area contributed by atoms with E-state index in [0.29, 0.717) is 13.1 Å². The summed E-state index contributed by atoms with van der Waals surface area (Å²) in [5.41, 5.74) is -2.00. The Morgan fingerprint density at radius 2 is 1.93 bits per heavy atom. The number of hydrogen-bond acceptors (Lipinski definition) is 2. The molecule has 15 heavy (non-hydrogen) atoms. The van der Waals surface area contributed by atoms with Crippen LogP contribution in [0.25, 0.3) is 0 Å². The normalized spacial score (nSPS) is 34.5. The minimum Gasteiger partial charge on any atom is -0.373 e. The fraction of sp³-hybridized carbons (Fsp3) is 0.818. The van der Waals surface area contributed by atoms with E-state index in [0.717, 1.165) is 6.08 Å². The van der Waals surface area contributed by atoms with Crippen molar-refractivity contribution in [3.8, 4) is 0 Å². The number of hydrogen-bond donors (Lipinski definition) is 0. The second kappa shape index (κ2) is 4.58. The van der Waals surface area contributed by atoms with Crippen molar-refractivity contribution in [2.24, 2.45) is 0 Å². The van der Waals surface area contributed by atoms with Crippen molar-refractivity contribution in [3.63, 3.8) is 0 Å². The highest BCUT2D eigenvalue weighted by atomic mass is 19.2. The van der Waals surface area contributed by atoms with Crippen molar-refractivity contribution in [1.29, 1.82) is 0 Å². The summed E-state index contributed by atoms with van der Waals surface area (Å²) in [6.07, 6.45) is -0.758. The van der Waals surface area contributed by atoms with Gasteiger partial charge in [0.15, 0.2) is 12.0 Å². The van der Waals surface area contributed by atoms with Gasteiger partial charge in [0.25, 0.3) is 0 Å². The lowest BCUT2D eigenvalue weighted by Gasteiger charge is -2.39. The summed E-state index contributed by atoms with van der Waals surface area (Å²) in [6, 6.07) is 0. The van der Waals surface area contributed by atoms with Crippen LogP contribution in [0.5, 0.6) is 0 Å². The van der Waals surface area contributed by atoms with Crippen LogP contribution in [0.2, 0.25) is 0 Å². The highest BCUT2D eigenvalue weighted by molar-refractivity contribution is 4.99.